The molecular formula is C30H22ClFN6O2. The van der Waals surface area contributed by atoms with E-state index in [1.165, 1.54) is 30.7 Å². The third-order valence-corrected chi connectivity index (χ3v) is 7.03. The lowest BCUT2D eigenvalue weighted by Gasteiger charge is -2.24. The van der Waals surface area contributed by atoms with Crippen molar-refractivity contribution in [3.8, 4) is 5.69 Å². The lowest BCUT2D eigenvalue weighted by molar-refractivity contribution is 0.628. The maximum Gasteiger partial charge on any atom is 0.265 e. The Kier molecular flexibility index (Phi) is 6.49. The first-order chi connectivity index (χ1) is 19.4. The molecule has 40 heavy (non-hydrogen) atoms. The quantitative estimate of drug-likeness (QED) is 0.223. The van der Waals surface area contributed by atoms with Crippen LogP contribution in [0.1, 0.15) is 18.7 Å². The molecule has 0 saturated heterocycles. The summed E-state index contributed by atoms with van der Waals surface area (Å²) < 4.78 is 15.1. The highest BCUT2D eigenvalue weighted by Gasteiger charge is 2.24. The van der Waals surface area contributed by atoms with Gasteiger partial charge in [0.05, 0.1) is 27.8 Å². The Bertz CT molecular complexity index is 1990. The van der Waals surface area contributed by atoms with Crippen molar-refractivity contribution < 1.29 is 4.39 Å². The molecule has 0 bridgehead atoms. The van der Waals surface area contributed by atoms with E-state index in [-0.39, 0.29) is 16.8 Å². The molecule has 0 amide bonds. The first kappa shape index (κ1) is 25.3. The Morgan fingerprint density at radius 3 is 2.48 bits per heavy atom. The zero-order valence-corrected chi connectivity index (χ0v) is 21.9. The second-order valence-electron chi connectivity index (χ2n) is 9.19. The van der Waals surface area contributed by atoms with Gasteiger partial charge >= 0.3 is 0 Å². The van der Waals surface area contributed by atoms with Gasteiger partial charge < -0.3 is 15.6 Å². The van der Waals surface area contributed by atoms with Gasteiger partial charge in [0.15, 0.2) is 5.43 Å². The average molecular weight is 553 g/mol. The fraction of sp³-hybridized carbons (Fsp3) is 0.0667. The van der Waals surface area contributed by atoms with Crippen molar-refractivity contribution in [2.24, 2.45) is 0 Å². The monoisotopic (exact) mass is 552 g/mol. The third-order valence-electron chi connectivity index (χ3n) is 6.63. The van der Waals surface area contributed by atoms with Gasteiger partial charge in [-0.2, -0.15) is 0 Å². The number of benzene rings is 3. The minimum atomic E-state index is -0.559. The van der Waals surface area contributed by atoms with Crippen molar-refractivity contribution in [3.05, 3.63) is 128 Å². The molecule has 0 radical (unpaired) electrons. The Morgan fingerprint density at radius 2 is 1.70 bits per heavy atom. The van der Waals surface area contributed by atoms with Gasteiger partial charge in [0.25, 0.3) is 5.56 Å². The number of nitrogens with one attached hydrogen (secondary N) is 3. The summed E-state index contributed by atoms with van der Waals surface area (Å²) in [7, 11) is 0. The summed E-state index contributed by atoms with van der Waals surface area (Å²) in [6.45, 7) is 1.84. The summed E-state index contributed by atoms with van der Waals surface area (Å²) in [5.74, 6) is -0.0446. The van der Waals surface area contributed by atoms with E-state index in [0.29, 0.717) is 55.4 Å². The number of aromatic nitrogens is 4. The van der Waals surface area contributed by atoms with E-state index in [2.05, 4.69) is 25.6 Å². The predicted molar refractivity (Wildman–Crippen MR) is 156 cm³/mol. The number of hydrogen-bond acceptors (Lipinski definition) is 6. The number of anilines is 3. The van der Waals surface area contributed by atoms with Crippen LogP contribution < -0.4 is 21.6 Å². The number of nitrogens with zero attached hydrogens (tertiary/aromatic N) is 3. The molecule has 3 heterocycles. The van der Waals surface area contributed by atoms with Crippen molar-refractivity contribution in [3.63, 3.8) is 0 Å². The van der Waals surface area contributed by atoms with Crippen molar-refractivity contribution >= 4 is 50.6 Å². The van der Waals surface area contributed by atoms with Crippen LogP contribution in [0.3, 0.4) is 0 Å². The van der Waals surface area contributed by atoms with Gasteiger partial charge in [-0.25, -0.2) is 14.4 Å². The lowest BCUT2D eigenvalue weighted by Crippen LogP contribution is -2.27. The Hall–Kier alpha value is -5.02. The molecule has 0 aliphatic heterocycles. The molecule has 198 valence electrons. The summed E-state index contributed by atoms with van der Waals surface area (Å²) in [6, 6.07) is 21.3. The number of hydrogen-bond donors (Lipinski definition) is 3. The van der Waals surface area contributed by atoms with Crippen LogP contribution >= 0.6 is 11.6 Å². The zero-order valence-electron chi connectivity index (χ0n) is 21.2. The molecule has 10 heteroatoms. The molecule has 3 aromatic carbocycles. The second kappa shape index (κ2) is 10.3. The maximum absolute atomic E-state index is 14.3. The molecule has 6 aromatic rings. The number of rotatable bonds is 6. The molecule has 1 atom stereocenters. The molecule has 3 N–H and O–H groups in total. The van der Waals surface area contributed by atoms with Gasteiger partial charge in [0, 0.05) is 29.0 Å². The van der Waals surface area contributed by atoms with Gasteiger partial charge in [-0.15, -0.1) is 0 Å². The minimum absolute atomic E-state index is 0.245. The summed E-state index contributed by atoms with van der Waals surface area (Å²) >= 11 is 7.10. The normalized spacial score (nSPS) is 12.0. The smallest absolute Gasteiger partial charge is 0.265 e. The van der Waals surface area contributed by atoms with Crippen LogP contribution in [0.5, 0.6) is 0 Å². The number of halogens is 2. The van der Waals surface area contributed by atoms with Gasteiger partial charge in [0.2, 0.25) is 0 Å². The molecule has 0 fully saturated rings. The van der Waals surface area contributed by atoms with Crippen molar-refractivity contribution in [1.29, 1.82) is 0 Å². The van der Waals surface area contributed by atoms with Crippen LogP contribution in [0.4, 0.5) is 21.6 Å². The third kappa shape index (κ3) is 4.46. The molecule has 3 aromatic heterocycles. The number of pyridine rings is 2. The van der Waals surface area contributed by atoms with E-state index >= 15 is 0 Å². The molecule has 8 nitrogen and oxygen atoms in total. The molecule has 0 aliphatic carbocycles. The number of H-pyrrole nitrogens is 1. The second-order valence-corrected chi connectivity index (χ2v) is 9.57. The molecule has 6 rings (SSSR count). The molecule has 0 saturated carbocycles. The van der Waals surface area contributed by atoms with Crippen molar-refractivity contribution in [2.75, 3.05) is 10.6 Å². The fourth-order valence-electron chi connectivity index (χ4n) is 4.82. The molecular weight excluding hydrogens is 531 g/mol. The van der Waals surface area contributed by atoms with Gasteiger partial charge in [0.1, 0.15) is 29.0 Å². The standard InChI is InChI=1S/C30H22ClFN6O2/c1-17(36-29-25-23(39)14-15-33-28(25)34-16-35-29)27-26(31)21-8-5-9-22(37-19-12-10-18(32)11-13-19)24(21)30(40)38(27)20-6-3-2-4-7-20/h2-17,37H,1H3,(H2,33,34,35,36,39)/t17-/m0/s1. The van der Waals surface area contributed by atoms with E-state index in [1.54, 1.807) is 34.9 Å². The Labute approximate surface area is 232 Å². The Balaban J connectivity index is 1.56. The summed E-state index contributed by atoms with van der Waals surface area (Å²) in [5.41, 5.74) is 2.09. The zero-order chi connectivity index (χ0) is 27.8. The highest BCUT2D eigenvalue weighted by molar-refractivity contribution is 6.36. The Morgan fingerprint density at radius 1 is 0.925 bits per heavy atom. The largest absolute Gasteiger partial charge is 0.361 e. The lowest BCUT2D eigenvalue weighted by atomic mass is 10.0. The highest BCUT2D eigenvalue weighted by atomic mass is 35.5. The minimum Gasteiger partial charge on any atom is -0.361 e. The fourth-order valence-corrected chi connectivity index (χ4v) is 5.23. The van der Waals surface area contributed by atoms with Crippen LogP contribution in [0, 0.1) is 5.82 Å². The molecule has 0 spiro atoms. The number of para-hydroxylation sites is 1. The van der Waals surface area contributed by atoms with Crippen LogP contribution in [0.15, 0.2) is 101 Å². The first-order valence-electron chi connectivity index (χ1n) is 12.5. The molecule has 0 aliphatic rings. The van der Waals surface area contributed by atoms with Gasteiger partial charge in [-0.3, -0.25) is 14.2 Å². The summed E-state index contributed by atoms with van der Waals surface area (Å²) in [5, 5.41) is 8.08. The first-order valence-corrected chi connectivity index (χ1v) is 12.8. The highest BCUT2D eigenvalue weighted by Crippen LogP contribution is 2.36. The maximum atomic E-state index is 14.3. The average Bonchev–Trinajstić information content (AvgIpc) is 2.96. The predicted octanol–water partition coefficient (Wildman–Crippen LogP) is 6.33. The van der Waals surface area contributed by atoms with Crippen LogP contribution in [0.2, 0.25) is 5.02 Å². The van der Waals surface area contributed by atoms with E-state index in [0.717, 1.165) is 0 Å². The SMILES string of the molecule is C[C@H](Nc1ncnc2[nH]ccc(=O)c12)c1c(Cl)c2cccc(Nc3ccc(F)cc3)c2c(=O)n1-c1ccccc1. The van der Waals surface area contributed by atoms with Crippen molar-refractivity contribution in [2.45, 2.75) is 13.0 Å². The van der Waals surface area contributed by atoms with E-state index in [9.17, 15) is 14.0 Å². The number of fused-ring (bicyclic) bond motifs is 2. The topological polar surface area (TPSA) is 105 Å². The van der Waals surface area contributed by atoms with Gasteiger partial charge in [-0.05, 0) is 49.4 Å². The van der Waals surface area contributed by atoms with Crippen molar-refractivity contribution in [1.82, 2.24) is 19.5 Å². The van der Waals surface area contributed by atoms with Crippen LogP contribution in [0.25, 0.3) is 27.5 Å². The molecule has 0 unspecified atom stereocenters. The van der Waals surface area contributed by atoms with Crippen LogP contribution in [-0.2, 0) is 0 Å². The van der Waals surface area contributed by atoms with E-state index in [1.807, 2.05) is 37.3 Å². The van der Waals surface area contributed by atoms with E-state index in [4.69, 9.17) is 11.6 Å². The van der Waals surface area contributed by atoms with E-state index < -0.39 is 6.04 Å². The van der Waals surface area contributed by atoms with Gasteiger partial charge in [-0.1, -0.05) is 41.9 Å². The summed E-state index contributed by atoms with van der Waals surface area (Å²) in [6.07, 6.45) is 2.88. The summed E-state index contributed by atoms with van der Waals surface area (Å²) in [4.78, 5) is 38.4. The van der Waals surface area contributed by atoms with Crippen LogP contribution in [-0.4, -0.2) is 19.5 Å². The number of aromatic amines is 1.